The van der Waals surface area contributed by atoms with Crippen molar-refractivity contribution < 1.29 is 17.4 Å². The van der Waals surface area contributed by atoms with Crippen LogP contribution in [-0.2, 0) is 27.4 Å². The first-order valence-electron chi connectivity index (χ1n) is 10.6. The highest BCUT2D eigenvalue weighted by Crippen LogP contribution is 2.44. The molecule has 0 radical (unpaired) electrons. The van der Waals surface area contributed by atoms with Crippen molar-refractivity contribution in [1.29, 1.82) is 0 Å². The molecule has 170 valence electrons. The third kappa shape index (κ3) is 5.57. The molecular weight excluding hydrogens is 450 g/mol. The van der Waals surface area contributed by atoms with E-state index in [0.29, 0.717) is 11.4 Å². The third-order valence-electron chi connectivity index (χ3n) is 6.70. The Balaban J connectivity index is 1.94. The number of benzene rings is 1. The third-order valence-corrected chi connectivity index (χ3v) is 12.2. The minimum atomic E-state index is -4.23. The minimum Gasteiger partial charge on any atom is -0.408 e. The van der Waals surface area contributed by atoms with E-state index in [4.69, 9.17) is 16.0 Å². The van der Waals surface area contributed by atoms with E-state index >= 15 is 0 Å². The number of hydrogen-bond acceptors (Lipinski definition) is 4. The number of nitrogens with zero attached hydrogens (tertiary/aromatic N) is 1. The molecule has 0 amide bonds. The molecule has 1 N–H and O–H groups in total. The van der Waals surface area contributed by atoms with Crippen molar-refractivity contribution >= 4 is 30.0 Å². The molecule has 3 rings (SSSR count). The average Bonchev–Trinajstić information content (AvgIpc) is 2.61. The van der Waals surface area contributed by atoms with Gasteiger partial charge in [0, 0.05) is 6.20 Å². The lowest BCUT2D eigenvalue weighted by Gasteiger charge is -2.42. The van der Waals surface area contributed by atoms with Gasteiger partial charge in [-0.3, -0.25) is 9.54 Å². The lowest BCUT2D eigenvalue weighted by molar-refractivity contribution is 0.134. The second-order valence-electron chi connectivity index (χ2n) is 10.1. The summed E-state index contributed by atoms with van der Waals surface area (Å²) in [4.78, 5) is 4.56. The Morgan fingerprint density at radius 2 is 1.94 bits per heavy atom. The number of rotatable bonds is 5. The normalized spacial score (nSPS) is 19.9. The van der Waals surface area contributed by atoms with Crippen LogP contribution in [0.5, 0.6) is 0 Å². The molecule has 1 aromatic heterocycles. The molecule has 1 aliphatic rings. The van der Waals surface area contributed by atoms with Crippen molar-refractivity contribution in [3.8, 4) is 0 Å². The Labute approximate surface area is 192 Å². The standard InChI is InChI=1S/C23H32ClNO4SSi/c1-15-7-8-20(30(26,27)28)13-17(15)9-16-10-18-12-19(24)14-25-22(18)21(11-16)29-31(5,6)23(2,3)4/h7-8,12-14,16,21H,9-11H2,1-6H3,(H,26,27,28)/t16-,21+/m1/s1. The fourth-order valence-corrected chi connectivity index (χ4v) is 5.87. The van der Waals surface area contributed by atoms with Crippen molar-refractivity contribution in [2.24, 2.45) is 5.92 Å². The summed E-state index contributed by atoms with van der Waals surface area (Å²) in [7, 11) is -6.26. The van der Waals surface area contributed by atoms with Gasteiger partial charge in [-0.1, -0.05) is 38.4 Å². The second kappa shape index (κ2) is 8.59. The Hall–Kier alpha value is -1.25. The number of aromatic nitrogens is 1. The maximum absolute atomic E-state index is 11.6. The molecule has 2 aromatic rings. The van der Waals surface area contributed by atoms with Gasteiger partial charge in [-0.15, -0.1) is 0 Å². The van der Waals surface area contributed by atoms with E-state index in [1.54, 1.807) is 18.3 Å². The largest absolute Gasteiger partial charge is 0.408 e. The van der Waals surface area contributed by atoms with Crippen LogP contribution in [0.4, 0.5) is 0 Å². The Morgan fingerprint density at radius 3 is 2.55 bits per heavy atom. The van der Waals surface area contributed by atoms with Crippen molar-refractivity contribution in [2.75, 3.05) is 0 Å². The van der Waals surface area contributed by atoms with Crippen LogP contribution in [0.25, 0.3) is 0 Å². The molecule has 2 atom stereocenters. The van der Waals surface area contributed by atoms with E-state index in [1.165, 1.54) is 6.07 Å². The minimum absolute atomic E-state index is 0.0666. The summed E-state index contributed by atoms with van der Waals surface area (Å²) in [5.74, 6) is 0.248. The zero-order valence-corrected chi connectivity index (χ0v) is 21.6. The van der Waals surface area contributed by atoms with Crippen LogP contribution in [0, 0.1) is 12.8 Å². The van der Waals surface area contributed by atoms with Crippen molar-refractivity contribution in [2.45, 2.75) is 76.1 Å². The predicted molar refractivity (Wildman–Crippen MR) is 127 cm³/mol. The molecule has 0 fully saturated rings. The van der Waals surface area contributed by atoms with E-state index in [1.807, 2.05) is 13.0 Å². The van der Waals surface area contributed by atoms with Crippen molar-refractivity contribution in [1.82, 2.24) is 4.98 Å². The van der Waals surface area contributed by atoms with Gasteiger partial charge in [0.25, 0.3) is 10.1 Å². The molecule has 0 bridgehead atoms. The fourth-order valence-electron chi connectivity index (χ4n) is 3.88. The van der Waals surface area contributed by atoms with Crippen molar-refractivity contribution in [3.05, 3.63) is 57.9 Å². The molecule has 0 unspecified atom stereocenters. The highest BCUT2D eigenvalue weighted by atomic mass is 35.5. The molecule has 1 heterocycles. The first-order valence-corrected chi connectivity index (χ1v) is 15.3. The van der Waals surface area contributed by atoms with E-state index in [-0.39, 0.29) is 22.0 Å². The molecule has 1 aromatic carbocycles. The van der Waals surface area contributed by atoms with Gasteiger partial charge in [0.1, 0.15) is 0 Å². The first kappa shape index (κ1) is 24.4. The van der Waals surface area contributed by atoms with Crippen molar-refractivity contribution in [3.63, 3.8) is 0 Å². The van der Waals surface area contributed by atoms with Crippen LogP contribution in [-0.4, -0.2) is 26.3 Å². The zero-order chi connectivity index (χ0) is 23.2. The molecule has 0 aliphatic heterocycles. The maximum Gasteiger partial charge on any atom is 0.294 e. The quantitative estimate of drug-likeness (QED) is 0.408. The molecular formula is C23H32ClNO4SSi. The van der Waals surface area contributed by atoms with Gasteiger partial charge in [0.15, 0.2) is 8.32 Å². The van der Waals surface area contributed by atoms with E-state index in [0.717, 1.165) is 35.2 Å². The van der Waals surface area contributed by atoms with Gasteiger partial charge in [-0.25, -0.2) is 0 Å². The first-order chi connectivity index (χ1) is 14.2. The highest BCUT2D eigenvalue weighted by molar-refractivity contribution is 7.85. The second-order valence-corrected chi connectivity index (χ2v) is 16.8. The zero-order valence-electron chi connectivity index (χ0n) is 19.1. The Bertz CT molecular complexity index is 1080. The Morgan fingerprint density at radius 1 is 1.26 bits per heavy atom. The van der Waals surface area contributed by atoms with Crippen LogP contribution >= 0.6 is 11.6 Å². The van der Waals surface area contributed by atoms with Gasteiger partial charge in [0.2, 0.25) is 0 Å². The predicted octanol–water partition coefficient (Wildman–Crippen LogP) is 6.16. The molecule has 0 saturated heterocycles. The summed E-state index contributed by atoms with van der Waals surface area (Å²) >= 11 is 6.25. The summed E-state index contributed by atoms with van der Waals surface area (Å²) in [6.07, 6.45) is 3.87. The highest BCUT2D eigenvalue weighted by Gasteiger charge is 2.41. The molecule has 31 heavy (non-hydrogen) atoms. The summed E-state index contributed by atoms with van der Waals surface area (Å²) in [5, 5.41) is 0.683. The molecule has 0 saturated carbocycles. The molecule has 1 aliphatic carbocycles. The van der Waals surface area contributed by atoms with Gasteiger partial charge < -0.3 is 4.43 Å². The monoisotopic (exact) mass is 481 g/mol. The van der Waals surface area contributed by atoms with Crippen LogP contribution < -0.4 is 0 Å². The molecule has 8 heteroatoms. The number of hydrogen-bond donors (Lipinski definition) is 1. The lowest BCUT2D eigenvalue weighted by atomic mass is 9.81. The topological polar surface area (TPSA) is 76.5 Å². The van der Waals surface area contributed by atoms with E-state index in [2.05, 4.69) is 38.8 Å². The summed E-state index contributed by atoms with van der Waals surface area (Å²) in [6, 6.07) is 6.74. The SMILES string of the molecule is Cc1ccc(S(=O)(=O)O)cc1C[C@@H]1Cc2cc(Cl)cnc2[C@@H](O[Si](C)(C)C(C)(C)C)C1. The molecule has 0 spiro atoms. The van der Waals surface area contributed by atoms with Gasteiger partial charge >= 0.3 is 0 Å². The van der Waals surface area contributed by atoms with Crippen LogP contribution in [0.2, 0.25) is 23.2 Å². The number of aryl methyl sites for hydroxylation is 1. The number of halogens is 1. The van der Waals surface area contributed by atoms with Gasteiger partial charge in [-0.05, 0) is 85.1 Å². The van der Waals surface area contributed by atoms with Crippen LogP contribution in [0.15, 0.2) is 35.4 Å². The summed E-state index contributed by atoms with van der Waals surface area (Å²) in [6.45, 7) is 13.1. The summed E-state index contributed by atoms with van der Waals surface area (Å²) < 4.78 is 39.5. The number of fused-ring (bicyclic) bond motifs is 1. The lowest BCUT2D eigenvalue weighted by Crippen LogP contribution is -2.43. The molecule has 5 nitrogen and oxygen atoms in total. The Kier molecular flexibility index (Phi) is 6.76. The van der Waals surface area contributed by atoms with Crippen LogP contribution in [0.1, 0.15) is 55.7 Å². The smallest absolute Gasteiger partial charge is 0.294 e. The number of pyridine rings is 1. The van der Waals surface area contributed by atoms with E-state index < -0.39 is 18.4 Å². The average molecular weight is 482 g/mol. The van der Waals surface area contributed by atoms with E-state index in [9.17, 15) is 13.0 Å². The van der Waals surface area contributed by atoms with Crippen LogP contribution in [0.3, 0.4) is 0 Å². The van der Waals surface area contributed by atoms with Gasteiger partial charge in [-0.2, -0.15) is 8.42 Å². The summed E-state index contributed by atoms with van der Waals surface area (Å²) in [5.41, 5.74) is 3.99. The fraction of sp³-hybridized carbons (Fsp3) is 0.522. The maximum atomic E-state index is 11.6. The van der Waals surface area contributed by atoms with Gasteiger partial charge in [0.05, 0.1) is 21.7 Å².